The van der Waals surface area contributed by atoms with Crippen molar-refractivity contribution in [1.82, 2.24) is 0 Å². The minimum atomic E-state index is -0.727. The molecule has 6 nitrogen and oxygen atoms in total. The van der Waals surface area contributed by atoms with Gasteiger partial charge in [-0.05, 0) is 13.0 Å². The number of rotatable bonds is 6. The smallest absolute Gasteiger partial charge is 0.375 e. The maximum Gasteiger partial charge on any atom is 0.375 e. The molecular weight excluding hydrogens is 262 g/mol. The molecule has 1 heterocycles. The Labute approximate surface area is 115 Å². The average molecular weight is 277 g/mol. The summed E-state index contributed by atoms with van der Waals surface area (Å²) in [7, 11) is 0. The summed E-state index contributed by atoms with van der Waals surface area (Å²) in [5.74, 6) is -1.41. The molecule has 0 aliphatic carbocycles. The van der Waals surface area contributed by atoms with E-state index in [9.17, 15) is 9.59 Å². The monoisotopic (exact) mass is 277 g/mol. The van der Waals surface area contributed by atoms with Gasteiger partial charge in [0.2, 0.25) is 5.76 Å². The minimum absolute atomic E-state index is 0.0425. The lowest BCUT2D eigenvalue weighted by Crippen LogP contribution is -2.21. The molecule has 0 unspecified atom stereocenters. The number of carbonyl (C=O) groups excluding carboxylic acids is 2. The van der Waals surface area contributed by atoms with Crippen molar-refractivity contribution in [3.8, 4) is 0 Å². The van der Waals surface area contributed by atoms with E-state index in [4.69, 9.17) is 19.6 Å². The van der Waals surface area contributed by atoms with Crippen LogP contribution >= 0.6 is 0 Å². The van der Waals surface area contributed by atoms with E-state index < -0.39 is 18.5 Å². The first-order valence-corrected chi connectivity index (χ1v) is 6.17. The SMILES string of the molecule is CCOCc1c(C(=O)OCC(N)=O)oc2ccccc12. The van der Waals surface area contributed by atoms with E-state index in [-0.39, 0.29) is 12.4 Å². The zero-order valence-corrected chi connectivity index (χ0v) is 11.0. The topological polar surface area (TPSA) is 91.8 Å². The number of amides is 1. The first kappa shape index (κ1) is 14.1. The summed E-state index contributed by atoms with van der Waals surface area (Å²) in [6, 6.07) is 7.22. The molecule has 0 bridgehead atoms. The van der Waals surface area contributed by atoms with Gasteiger partial charge in [0.15, 0.2) is 6.61 Å². The van der Waals surface area contributed by atoms with E-state index in [1.54, 1.807) is 12.1 Å². The number of hydrogen-bond donors (Lipinski definition) is 1. The Morgan fingerprint density at radius 1 is 1.30 bits per heavy atom. The van der Waals surface area contributed by atoms with Crippen molar-refractivity contribution in [1.29, 1.82) is 0 Å². The van der Waals surface area contributed by atoms with Gasteiger partial charge in [0.1, 0.15) is 5.58 Å². The van der Waals surface area contributed by atoms with Gasteiger partial charge in [0.05, 0.1) is 6.61 Å². The second kappa shape index (κ2) is 6.21. The normalized spacial score (nSPS) is 10.7. The van der Waals surface area contributed by atoms with E-state index >= 15 is 0 Å². The second-order valence-electron chi connectivity index (χ2n) is 4.09. The number of benzene rings is 1. The van der Waals surface area contributed by atoms with Crippen LogP contribution < -0.4 is 5.73 Å². The molecule has 0 spiro atoms. The molecule has 2 aromatic rings. The summed E-state index contributed by atoms with van der Waals surface area (Å²) in [6.45, 7) is 2.11. The zero-order chi connectivity index (χ0) is 14.5. The summed E-state index contributed by atoms with van der Waals surface area (Å²) >= 11 is 0. The zero-order valence-electron chi connectivity index (χ0n) is 11.0. The summed E-state index contributed by atoms with van der Waals surface area (Å²) in [5.41, 5.74) is 6.11. The summed E-state index contributed by atoms with van der Waals surface area (Å²) in [4.78, 5) is 22.6. The quantitative estimate of drug-likeness (QED) is 0.810. The number of esters is 1. The molecule has 0 aliphatic heterocycles. The third-order valence-corrected chi connectivity index (χ3v) is 2.68. The van der Waals surface area contributed by atoms with Crippen LogP contribution in [0, 0.1) is 0 Å². The van der Waals surface area contributed by atoms with Crippen LogP contribution in [0.15, 0.2) is 28.7 Å². The average Bonchev–Trinajstić information content (AvgIpc) is 2.81. The molecule has 0 fully saturated rings. The third-order valence-electron chi connectivity index (χ3n) is 2.68. The molecule has 1 aromatic heterocycles. The fourth-order valence-corrected chi connectivity index (χ4v) is 1.81. The van der Waals surface area contributed by atoms with Crippen LogP contribution in [-0.2, 0) is 20.9 Å². The summed E-state index contributed by atoms with van der Waals surface area (Å²) in [6.07, 6.45) is 0. The largest absolute Gasteiger partial charge is 0.450 e. The molecule has 1 amide bonds. The fourth-order valence-electron chi connectivity index (χ4n) is 1.81. The Kier molecular flexibility index (Phi) is 4.37. The van der Waals surface area contributed by atoms with Gasteiger partial charge < -0.3 is 19.6 Å². The van der Waals surface area contributed by atoms with Gasteiger partial charge in [-0.25, -0.2) is 4.79 Å². The fraction of sp³-hybridized carbons (Fsp3) is 0.286. The first-order chi connectivity index (χ1) is 9.63. The van der Waals surface area contributed by atoms with Crippen LogP contribution in [0.2, 0.25) is 0 Å². The molecule has 20 heavy (non-hydrogen) atoms. The number of ether oxygens (including phenoxy) is 2. The van der Waals surface area contributed by atoms with E-state index in [1.807, 2.05) is 19.1 Å². The van der Waals surface area contributed by atoms with Gasteiger partial charge in [-0.3, -0.25) is 4.79 Å². The van der Waals surface area contributed by atoms with Gasteiger partial charge in [-0.15, -0.1) is 0 Å². The van der Waals surface area contributed by atoms with Gasteiger partial charge in [0, 0.05) is 17.6 Å². The molecule has 6 heteroatoms. The van der Waals surface area contributed by atoms with Gasteiger partial charge in [0.25, 0.3) is 5.91 Å². The number of furan rings is 1. The predicted molar refractivity (Wildman–Crippen MR) is 71.0 cm³/mol. The van der Waals surface area contributed by atoms with E-state index in [0.29, 0.717) is 17.8 Å². The predicted octanol–water partition coefficient (Wildman–Crippen LogP) is 1.61. The summed E-state index contributed by atoms with van der Waals surface area (Å²) in [5, 5.41) is 0.784. The molecule has 0 radical (unpaired) electrons. The van der Waals surface area contributed by atoms with Crippen molar-refractivity contribution in [2.24, 2.45) is 5.73 Å². The third kappa shape index (κ3) is 2.97. The van der Waals surface area contributed by atoms with Crippen LogP contribution in [0.5, 0.6) is 0 Å². The van der Waals surface area contributed by atoms with Crippen LogP contribution in [0.1, 0.15) is 23.0 Å². The standard InChI is InChI=1S/C14H15NO5/c1-2-18-7-10-9-5-3-4-6-11(9)20-13(10)14(17)19-8-12(15)16/h3-6H,2,7-8H2,1H3,(H2,15,16). The van der Waals surface area contributed by atoms with Gasteiger partial charge in [-0.2, -0.15) is 0 Å². The molecule has 0 atom stereocenters. The number of nitrogens with two attached hydrogens (primary N) is 1. The van der Waals surface area contributed by atoms with Crippen molar-refractivity contribution in [3.63, 3.8) is 0 Å². The molecule has 2 rings (SSSR count). The Balaban J connectivity index is 2.35. The van der Waals surface area contributed by atoms with Crippen molar-refractivity contribution in [2.45, 2.75) is 13.5 Å². The molecule has 0 aliphatic rings. The molecular formula is C14H15NO5. The van der Waals surface area contributed by atoms with Crippen molar-refractivity contribution in [2.75, 3.05) is 13.2 Å². The highest BCUT2D eigenvalue weighted by Gasteiger charge is 2.22. The molecule has 0 saturated heterocycles. The Hall–Kier alpha value is -2.34. The van der Waals surface area contributed by atoms with Crippen molar-refractivity contribution in [3.05, 3.63) is 35.6 Å². The number of para-hydroxylation sites is 1. The number of fused-ring (bicyclic) bond motifs is 1. The highest BCUT2D eigenvalue weighted by Crippen LogP contribution is 2.27. The van der Waals surface area contributed by atoms with Gasteiger partial charge >= 0.3 is 5.97 Å². The second-order valence-corrected chi connectivity index (χ2v) is 4.09. The van der Waals surface area contributed by atoms with Gasteiger partial charge in [-0.1, -0.05) is 18.2 Å². The maximum atomic E-state index is 11.9. The van der Waals surface area contributed by atoms with E-state index in [2.05, 4.69) is 0 Å². The number of hydrogen-bond acceptors (Lipinski definition) is 5. The number of carbonyl (C=O) groups is 2. The molecule has 0 saturated carbocycles. The molecule has 2 N–H and O–H groups in total. The first-order valence-electron chi connectivity index (χ1n) is 6.17. The van der Waals surface area contributed by atoms with Crippen LogP contribution in [0.4, 0.5) is 0 Å². The highest BCUT2D eigenvalue weighted by atomic mass is 16.5. The molecule has 1 aromatic carbocycles. The Morgan fingerprint density at radius 2 is 2.05 bits per heavy atom. The van der Waals surface area contributed by atoms with Crippen LogP contribution in [0.3, 0.4) is 0 Å². The maximum absolute atomic E-state index is 11.9. The van der Waals surface area contributed by atoms with Crippen LogP contribution in [-0.4, -0.2) is 25.1 Å². The minimum Gasteiger partial charge on any atom is -0.450 e. The Bertz CT molecular complexity index is 632. The Morgan fingerprint density at radius 3 is 2.75 bits per heavy atom. The molecule has 106 valence electrons. The van der Waals surface area contributed by atoms with Crippen molar-refractivity contribution < 1.29 is 23.5 Å². The lowest BCUT2D eigenvalue weighted by atomic mass is 10.1. The van der Waals surface area contributed by atoms with E-state index in [1.165, 1.54) is 0 Å². The van der Waals surface area contributed by atoms with Crippen molar-refractivity contribution >= 4 is 22.8 Å². The number of primary amides is 1. The van der Waals surface area contributed by atoms with E-state index in [0.717, 1.165) is 5.39 Å². The lowest BCUT2D eigenvalue weighted by molar-refractivity contribution is -0.121. The lowest BCUT2D eigenvalue weighted by Gasteiger charge is -2.03. The van der Waals surface area contributed by atoms with Crippen LogP contribution in [0.25, 0.3) is 11.0 Å². The highest BCUT2D eigenvalue weighted by molar-refractivity contribution is 5.96. The summed E-state index contributed by atoms with van der Waals surface area (Å²) < 4.78 is 15.6.